The van der Waals surface area contributed by atoms with Crippen LogP contribution in [0.25, 0.3) is 5.65 Å². The Morgan fingerprint density at radius 2 is 1.71 bits per heavy atom. The topological polar surface area (TPSA) is 30.2 Å². The molecule has 2 aromatic heterocycles. The summed E-state index contributed by atoms with van der Waals surface area (Å²) in [5, 5.41) is 4.13. The van der Waals surface area contributed by atoms with Gasteiger partial charge in [0.15, 0.2) is 11.3 Å². The molecule has 2 aromatic rings. The van der Waals surface area contributed by atoms with E-state index in [0.29, 0.717) is 0 Å². The molecule has 0 aromatic carbocycles. The molecule has 92 valence electrons. The Morgan fingerprint density at radius 3 is 2.24 bits per heavy atom. The van der Waals surface area contributed by atoms with Gasteiger partial charge in [0.1, 0.15) is 0 Å². The van der Waals surface area contributed by atoms with Gasteiger partial charge in [-0.3, -0.25) is 0 Å². The van der Waals surface area contributed by atoms with Crippen LogP contribution >= 0.6 is 0 Å². The van der Waals surface area contributed by atoms with Crippen molar-refractivity contribution in [3.63, 3.8) is 0 Å². The first-order valence-electron chi connectivity index (χ1n) is 5.12. The van der Waals surface area contributed by atoms with E-state index in [0.717, 1.165) is 11.9 Å². The second kappa shape index (κ2) is 3.45. The van der Waals surface area contributed by atoms with Crippen LogP contribution in [0.5, 0.6) is 0 Å². The SMILES string of the molecule is CC(C)(C)c1ccc2nc(C(F)(F)F)cn2n1. The molecule has 3 nitrogen and oxygen atoms in total. The molecule has 0 aliphatic carbocycles. The Morgan fingerprint density at radius 1 is 1.06 bits per heavy atom. The van der Waals surface area contributed by atoms with Gasteiger partial charge in [-0.25, -0.2) is 9.50 Å². The highest BCUT2D eigenvalue weighted by atomic mass is 19.4. The Balaban J connectivity index is 2.56. The van der Waals surface area contributed by atoms with Crippen molar-refractivity contribution in [2.45, 2.75) is 32.4 Å². The van der Waals surface area contributed by atoms with Crippen LogP contribution in [-0.4, -0.2) is 14.6 Å². The highest BCUT2D eigenvalue weighted by Crippen LogP contribution is 2.28. The molecule has 0 bridgehead atoms. The van der Waals surface area contributed by atoms with Gasteiger partial charge < -0.3 is 0 Å². The van der Waals surface area contributed by atoms with E-state index in [9.17, 15) is 13.2 Å². The van der Waals surface area contributed by atoms with E-state index in [-0.39, 0.29) is 11.1 Å². The van der Waals surface area contributed by atoms with Gasteiger partial charge in [0.2, 0.25) is 0 Å². The second-order valence-electron chi connectivity index (χ2n) is 4.90. The molecule has 17 heavy (non-hydrogen) atoms. The fourth-order valence-electron chi connectivity index (χ4n) is 1.42. The Labute approximate surface area is 96.3 Å². The molecule has 0 amide bonds. The lowest BCUT2D eigenvalue weighted by atomic mass is 9.92. The quantitative estimate of drug-likeness (QED) is 0.711. The first-order valence-corrected chi connectivity index (χ1v) is 5.12. The Bertz CT molecular complexity index is 537. The van der Waals surface area contributed by atoms with Crippen LogP contribution in [0.3, 0.4) is 0 Å². The first kappa shape index (κ1) is 11.9. The van der Waals surface area contributed by atoms with E-state index in [1.54, 1.807) is 12.1 Å². The summed E-state index contributed by atoms with van der Waals surface area (Å²) in [5.41, 5.74) is -0.214. The van der Waals surface area contributed by atoms with E-state index in [2.05, 4.69) is 10.1 Å². The van der Waals surface area contributed by atoms with Crippen LogP contribution in [0.2, 0.25) is 0 Å². The van der Waals surface area contributed by atoms with Gasteiger partial charge >= 0.3 is 6.18 Å². The number of imidazole rings is 1. The van der Waals surface area contributed by atoms with Crippen molar-refractivity contribution in [2.24, 2.45) is 0 Å². The maximum atomic E-state index is 12.5. The van der Waals surface area contributed by atoms with Crippen LogP contribution in [0, 0.1) is 0 Å². The largest absolute Gasteiger partial charge is 0.434 e. The predicted molar refractivity (Wildman–Crippen MR) is 56.7 cm³/mol. The normalized spacial score (nSPS) is 13.3. The second-order valence-corrected chi connectivity index (χ2v) is 4.90. The summed E-state index contributed by atoms with van der Waals surface area (Å²) >= 11 is 0. The molecular formula is C11H12F3N3. The van der Waals surface area contributed by atoms with Crippen molar-refractivity contribution >= 4 is 5.65 Å². The molecule has 2 heterocycles. The van der Waals surface area contributed by atoms with Crippen LogP contribution in [0.15, 0.2) is 18.3 Å². The minimum atomic E-state index is -4.43. The third-order valence-corrected chi connectivity index (χ3v) is 2.38. The highest BCUT2D eigenvalue weighted by Gasteiger charge is 2.34. The molecule has 0 N–H and O–H groups in total. The number of rotatable bonds is 0. The van der Waals surface area contributed by atoms with Gasteiger partial charge in [0.25, 0.3) is 0 Å². The van der Waals surface area contributed by atoms with Crippen molar-refractivity contribution in [1.82, 2.24) is 14.6 Å². The molecule has 0 aliphatic rings. The smallest absolute Gasteiger partial charge is 0.223 e. The summed E-state index contributed by atoms with van der Waals surface area (Å²) in [6.45, 7) is 5.84. The molecule has 0 saturated heterocycles. The van der Waals surface area contributed by atoms with Gasteiger partial charge in [-0.15, -0.1) is 0 Å². The molecule has 0 spiro atoms. The average Bonchev–Trinajstić information content (AvgIpc) is 2.57. The number of alkyl halides is 3. The maximum Gasteiger partial charge on any atom is 0.434 e. The monoisotopic (exact) mass is 243 g/mol. The van der Waals surface area contributed by atoms with Crippen molar-refractivity contribution in [1.29, 1.82) is 0 Å². The number of fused-ring (bicyclic) bond motifs is 1. The standard InChI is InChI=1S/C11H12F3N3/c1-10(2,3)7-4-5-9-15-8(11(12,13)14)6-17(9)16-7/h4-6H,1-3H3. The maximum absolute atomic E-state index is 12.5. The number of nitrogens with zero attached hydrogens (tertiary/aromatic N) is 3. The summed E-state index contributed by atoms with van der Waals surface area (Å²) in [6, 6.07) is 3.24. The molecule has 0 fully saturated rings. The number of aromatic nitrogens is 3. The van der Waals surface area contributed by atoms with Gasteiger partial charge in [-0.1, -0.05) is 20.8 Å². The molecule has 6 heteroatoms. The zero-order valence-corrected chi connectivity index (χ0v) is 9.71. The van der Waals surface area contributed by atoms with Crippen LogP contribution in [-0.2, 0) is 11.6 Å². The van der Waals surface area contributed by atoms with E-state index in [1.165, 1.54) is 4.52 Å². The van der Waals surface area contributed by atoms with E-state index in [1.807, 2.05) is 20.8 Å². The zero-order valence-electron chi connectivity index (χ0n) is 9.71. The van der Waals surface area contributed by atoms with Crippen molar-refractivity contribution in [3.8, 4) is 0 Å². The lowest BCUT2D eigenvalue weighted by Crippen LogP contribution is -2.15. The van der Waals surface area contributed by atoms with Crippen LogP contribution in [0.1, 0.15) is 32.2 Å². The van der Waals surface area contributed by atoms with Gasteiger partial charge in [0, 0.05) is 5.41 Å². The van der Waals surface area contributed by atoms with Crippen LogP contribution in [0.4, 0.5) is 13.2 Å². The Kier molecular flexibility index (Phi) is 2.41. The zero-order chi connectivity index (χ0) is 12.8. The molecular weight excluding hydrogens is 231 g/mol. The molecule has 0 saturated carbocycles. The molecule has 0 atom stereocenters. The fraction of sp³-hybridized carbons (Fsp3) is 0.455. The summed E-state index contributed by atoms with van der Waals surface area (Å²) in [6.07, 6.45) is -3.53. The molecule has 0 unspecified atom stereocenters. The molecule has 0 radical (unpaired) electrons. The molecule has 2 rings (SSSR count). The minimum absolute atomic E-state index is 0.199. The van der Waals surface area contributed by atoms with E-state index < -0.39 is 11.9 Å². The van der Waals surface area contributed by atoms with Gasteiger partial charge in [0.05, 0.1) is 11.9 Å². The van der Waals surface area contributed by atoms with E-state index >= 15 is 0 Å². The number of halogens is 3. The van der Waals surface area contributed by atoms with Gasteiger partial charge in [-0.05, 0) is 12.1 Å². The highest BCUT2D eigenvalue weighted by molar-refractivity contribution is 5.39. The number of hydrogen-bond acceptors (Lipinski definition) is 2. The summed E-state index contributed by atoms with van der Waals surface area (Å²) < 4.78 is 38.5. The third-order valence-electron chi connectivity index (χ3n) is 2.38. The third kappa shape index (κ3) is 2.25. The van der Waals surface area contributed by atoms with Gasteiger partial charge in [-0.2, -0.15) is 18.3 Å². The summed E-state index contributed by atoms with van der Waals surface area (Å²) in [5.74, 6) is 0. The minimum Gasteiger partial charge on any atom is -0.223 e. The Hall–Kier alpha value is -1.59. The lowest BCUT2D eigenvalue weighted by molar-refractivity contribution is -0.140. The first-order chi connectivity index (χ1) is 7.68. The average molecular weight is 243 g/mol. The predicted octanol–water partition coefficient (Wildman–Crippen LogP) is 3.05. The lowest BCUT2D eigenvalue weighted by Gasteiger charge is -2.16. The molecule has 0 aliphatic heterocycles. The van der Waals surface area contributed by atoms with Crippen molar-refractivity contribution in [2.75, 3.05) is 0 Å². The number of hydrogen-bond donors (Lipinski definition) is 0. The fourth-order valence-corrected chi connectivity index (χ4v) is 1.42. The van der Waals surface area contributed by atoms with Crippen molar-refractivity contribution in [3.05, 3.63) is 29.7 Å². The summed E-state index contributed by atoms with van der Waals surface area (Å²) in [7, 11) is 0. The summed E-state index contributed by atoms with van der Waals surface area (Å²) in [4.78, 5) is 3.48. The van der Waals surface area contributed by atoms with E-state index in [4.69, 9.17) is 0 Å². The van der Waals surface area contributed by atoms with Crippen molar-refractivity contribution < 1.29 is 13.2 Å². The van der Waals surface area contributed by atoms with Crippen LogP contribution < -0.4 is 0 Å².